The fraction of sp³-hybridized carbons (Fsp3) is 0.318. The Balaban J connectivity index is 1.70. The average Bonchev–Trinajstić information content (AvgIpc) is 3.09. The number of ether oxygens (including phenoxy) is 2. The van der Waals surface area contributed by atoms with Gasteiger partial charge in [-0.2, -0.15) is 0 Å². The van der Waals surface area contributed by atoms with Crippen molar-refractivity contribution in [3.8, 4) is 11.1 Å². The molecule has 28 heavy (non-hydrogen) atoms. The molecule has 1 saturated carbocycles. The third-order valence-corrected chi connectivity index (χ3v) is 5.87. The molecular formula is C22H23ClN2O3. The number of carbonyl (C=O) groups excluding carboxylic acids is 1. The molecular weight excluding hydrogens is 376 g/mol. The van der Waals surface area contributed by atoms with E-state index in [9.17, 15) is 4.79 Å². The minimum absolute atomic E-state index is 0.204. The second kappa shape index (κ2) is 7.59. The van der Waals surface area contributed by atoms with Crippen LogP contribution in [0.3, 0.4) is 0 Å². The maximum Gasteiger partial charge on any atom is 0.340 e. The summed E-state index contributed by atoms with van der Waals surface area (Å²) < 4.78 is 10.9. The summed E-state index contributed by atoms with van der Waals surface area (Å²) in [5, 5.41) is 1.41. The van der Waals surface area contributed by atoms with E-state index in [0.29, 0.717) is 23.7 Å². The topological polar surface area (TPSA) is 77.3 Å². The highest BCUT2D eigenvalue weighted by Gasteiger charge is 2.39. The molecule has 1 heterocycles. The van der Waals surface area contributed by atoms with Gasteiger partial charge in [0.05, 0.1) is 29.9 Å². The fourth-order valence-corrected chi connectivity index (χ4v) is 4.14. The van der Waals surface area contributed by atoms with Gasteiger partial charge in [-0.1, -0.05) is 35.9 Å². The van der Waals surface area contributed by atoms with Crippen LogP contribution >= 0.6 is 11.6 Å². The molecule has 146 valence electrons. The van der Waals surface area contributed by atoms with Crippen LogP contribution in [0.25, 0.3) is 22.0 Å². The minimum Gasteiger partial charge on any atom is -0.465 e. The van der Waals surface area contributed by atoms with Gasteiger partial charge in [0.25, 0.3) is 0 Å². The van der Waals surface area contributed by atoms with Crippen molar-refractivity contribution in [2.24, 2.45) is 5.73 Å². The number of nitrogens with two attached hydrogens (primary N) is 1. The molecule has 3 N–H and O–H groups in total. The van der Waals surface area contributed by atoms with Crippen molar-refractivity contribution in [2.45, 2.75) is 24.9 Å². The van der Waals surface area contributed by atoms with Gasteiger partial charge in [0, 0.05) is 29.2 Å². The molecule has 0 unspecified atom stereocenters. The third-order valence-electron chi connectivity index (χ3n) is 5.55. The number of nitrogens with one attached hydrogen (secondary N) is 1. The Labute approximate surface area is 168 Å². The lowest BCUT2D eigenvalue weighted by atomic mass is 9.74. The number of carbonyl (C=O) groups is 1. The highest BCUT2D eigenvalue weighted by Crippen LogP contribution is 2.45. The van der Waals surface area contributed by atoms with Gasteiger partial charge in [0.1, 0.15) is 0 Å². The van der Waals surface area contributed by atoms with Crippen molar-refractivity contribution in [3.63, 3.8) is 0 Å². The van der Waals surface area contributed by atoms with Crippen LogP contribution in [-0.2, 0) is 15.1 Å². The first-order chi connectivity index (χ1) is 13.6. The van der Waals surface area contributed by atoms with Gasteiger partial charge >= 0.3 is 5.97 Å². The van der Waals surface area contributed by atoms with Crippen LogP contribution < -0.4 is 5.73 Å². The number of rotatable bonds is 6. The van der Waals surface area contributed by atoms with Crippen LogP contribution in [-0.4, -0.2) is 31.2 Å². The van der Waals surface area contributed by atoms with E-state index >= 15 is 0 Å². The smallest absolute Gasteiger partial charge is 0.340 e. The normalized spacial score (nSPS) is 15.4. The molecule has 2 aromatic carbocycles. The van der Waals surface area contributed by atoms with E-state index in [2.05, 4.69) is 29.2 Å². The van der Waals surface area contributed by atoms with Gasteiger partial charge in [-0.3, -0.25) is 0 Å². The van der Waals surface area contributed by atoms with Gasteiger partial charge in [-0.15, -0.1) is 0 Å². The monoisotopic (exact) mass is 398 g/mol. The number of halogens is 1. The lowest BCUT2D eigenvalue weighted by Gasteiger charge is -2.42. The summed E-state index contributed by atoms with van der Waals surface area (Å²) in [7, 11) is 1.37. The zero-order valence-electron chi connectivity index (χ0n) is 15.8. The molecule has 0 saturated heterocycles. The molecule has 6 heteroatoms. The van der Waals surface area contributed by atoms with Gasteiger partial charge in [-0.05, 0) is 42.5 Å². The third kappa shape index (κ3) is 3.20. The summed E-state index contributed by atoms with van der Waals surface area (Å²) in [6, 6.07) is 12.1. The summed E-state index contributed by atoms with van der Waals surface area (Å²) in [6.07, 6.45) is 4.85. The number of esters is 1. The SMILES string of the molecule is COC(=O)c1c[nH]c2cc(Cl)c(-c3ccc(C4(OCCN)CCC4)cc3)cc12. The Morgan fingerprint density at radius 2 is 2.00 bits per heavy atom. The molecule has 1 aliphatic rings. The van der Waals surface area contributed by atoms with E-state index in [4.69, 9.17) is 26.8 Å². The zero-order chi connectivity index (χ0) is 19.7. The van der Waals surface area contributed by atoms with Gasteiger partial charge in [-0.25, -0.2) is 4.79 Å². The number of hydrogen-bond donors (Lipinski definition) is 2. The van der Waals surface area contributed by atoms with Crippen LogP contribution in [0.4, 0.5) is 0 Å². The van der Waals surface area contributed by atoms with Crippen LogP contribution in [0, 0.1) is 0 Å². The van der Waals surface area contributed by atoms with Crippen LogP contribution in [0.15, 0.2) is 42.6 Å². The first kappa shape index (κ1) is 19.0. The van der Waals surface area contributed by atoms with Gasteiger partial charge < -0.3 is 20.2 Å². The summed E-state index contributed by atoms with van der Waals surface area (Å²) in [5.41, 5.74) is 9.74. The average molecular weight is 399 g/mol. The van der Waals surface area contributed by atoms with Gasteiger partial charge in [0.2, 0.25) is 0 Å². The lowest BCUT2D eigenvalue weighted by molar-refractivity contribution is -0.103. The molecule has 4 rings (SSSR count). The molecule has 1 aliphatic carbocycles. The Morgan fingerprint density at radius 3 is 2.61 bits per heavy atom. The molecule has 5 nitrogen and oxygen atoms in total. The number of hydrogen-bond acceptors (Lipinski definition) is 4. The molecule has 0 amide bonds. The molecule has 3 aromatic rings. The fourth-order valence-electron chi connectivity index (χ4n) is 3.87. The first-order valence-corrected chi connectivity index (χ1v) is 9.80. The largest absolute Gasteiger partial charge is 0.465 e. The van der Waals surface area contributed by atoms with Crippen molar-refractivity contribution < 1.29 is 14.3 Å². The molecule has 0 spiro atoms. The van der Waals surface area contributed by atoms with Crippen molar-refractivity contribution >= 4 is 28.5 Å². The van der Waals surface area contributed by atoms with E-state index in [1.807, 2.05) is 12.1 Å². The Hall–Kier alpha value is -2.34. The number of H-pyrrole nitrogens is 1. The van der Waals surface area contributed by atoms with Crippen molar-refractivity contribution in [1.29, 1.82) is 0 Å². The number of aromatic nitrogens is 1. The molecule has 0 aliphatic heterocycles. The van der Waals surface area contributed by atoms with Crippen LogP contribution in [0.2, 0.25) is 5.02 Å². The predicted molar refractivity (Wildman–Crippen MR) is 111 cm³/mol. The summed E-state index contributed by atoms with van der Waals surface area (Å²) in [6.45, 7) is 1.09. The van der Waals surface area contributed by atoms with Crippen LogP contribution in [0.5, 0.6) is 0 Å². The maximum absolute atomic E-state index is 12.0. The van der Waals surface area contributed by atoms with Crippen molar-refractivity contribution in [2.75, 3.05) is 20.3 Å². The number of benzene rings is 2. The highest BCUT2D eigenvalue weighted by molar-refractivity contribution is 6.34. The van der Waals surface area contributed by atoms with E-state index < -0.39 is 0 Å². The molecule has 1 aromatic heterocycles. The zero-order valence-corrected chi connectivity index (χ0v) is 16.5. The Kier molecular flexibility index (Phi) is 5.15. The number of aromatic amines is 1. The first-order valence-electron chi connectivity index (χ1n) is 9.42. The highest BCUT2D eigenvalue weighted by atomic mass is 35.5. The Morgan fingerprint density at radius 1 is 1.25 bits per heavy atom. The molecule has 1 fully saturated rings. The van der Waals surface area contributed by atoms with E-state index in [1.54, 1.807) is 6.20 Å². The van der Waals surface area contributed by atoms with Gasteiger partial charge in [0.15, 0.2) is 0 Å². The number of fused-ring (bicyclic) bond motifs is 1. The maximum atomic E-state index is 12.0. The molecule has 0 bridgehead atoms. The van der Waals surface area contributed by atoms with E-state index in [-0.39, 0.29) is 11.6 Å². The van der Waals surface area contributed by atoms with Crippen molar-refractivity contribution in [1.82, 2.24) is 4.98 Å². The summed E-state index contributed by atoms with van der Waals surface area (Å²) in [4.78, 5) is 15.1. The van der Waals surface area contributed by atoms with Crippen LogP contribution in [0.1, 0.15) is 35.2 Å². The molecule has 0 atom stereocenters. The quantitative estimate of drug-likeness (QED) is 0.593. The summed E-state index contributed by atoms with van der Waals surface area (Å²) in [5.74, 6) is -0.376. The molecule has 0 radical (unpaired) electrons. The Bertz CT molecular complexity index is 1010. The second-order valence-corrected chi connectivity index (χ2v) is 7.54. The summed E-state index contributed by atoms with van der Waals surface area (Å²) >= 11 is 6.52. The minimum atomic E-state index is -0.376. The standard InChI is InChI=1S/C22H23ClN2O3/c1-27-21(26)18-13-25-20-12-19(23)16(11-17(18)20)14-3-5-15(6-4-14)22(7-2-8-22)28-10-9-24/h3-6,11-13,25H,2,7-10,24H2,1H3. The predicted octanol–water partition coefficient (Wildman–Crippen LogP) is 4.63. The lowest BCUT2D eigenvalue weighted by Crippen LogP contribution is -2.38. The second-order valence-electron chi connectivity index (χ2n) is 7.13. The van der Waals surface area contributed by atoms with Crippen molar-refractivity contribution in [3.05, 3.63) is 58.7 Å². The van der Waals surface area contributed by atoms with E-state index in [1.165, 1.54) is 19.1 Å². The van der Waals surface area contributed by atoms with E-state index in [0.717, 1.165) is 34.9 Å². The number of methoxy groups -OCH3 is 1.